The fourth-order valence-corrected chi connectivity index (χ4v) is 6.06. The van der Waals surface area contributed by atoms with Crippen molar-refractivity contribution < 1.29 is 37.3 Å². The number of aliphatic hydroxyl groups is 1. The first-order valence-corrected chi connectivity index (χ1v) is 14.2. The molecule has 2 aromatic carbocycles. The number of benzene rings is 2. The van der Waals surface area contributed by atoms with Crippen LogP contribution in [-0.2, 0) is 0 Å². The zero-order valence-electron chi connectivity index (χ0n) is 24.1. The third-order valence-corrected chi connectivity index (χ3v) is 8.20. The van der Waals surface area contributed by atoms with Crippen LogP contribution in [0.1, 0.15) is 60.2 Å². The summed E-state index contributed by atoms with van der Waals surface area (Å²) in [6.07, 6.45) is 5.88. The Hall–Kier alpha value is -4.58. The van der Waals surface area contributed by atoms with E-state index in [1.807, 2.05) is 0 Å². The number of nitrogens with two attached hydrogens (primary N) is 1. The number of fused-ring (bicyclic) bond motifs is 1. The number of halogens is 3. The number of nitrogens with zero attached hydrogens (tertiary/aromatic N) is 2. The lowest BCUT2D eigenvalue weighted by molar-refractivity contribution is -0.0834. The van der Waals surface area contributed by atoms with Crippen LogP contribution in [0.15, 0.2) is 54.9 Å². The number of hydrogen-bond acceptors (Lipinski definition) is 6. The highest BCUT2D eigenvalue weighted by molar-refractivity contribution is 6.00. The number of primary amides is 1. The van der Waals surface area contributed by atoms with Crippen LogP contribution in [0.4, 0.5) is 13.2 Å². The summed E-state index contributed by atoms with van der Waals surface area (Å²) in [5.41, 5.74) is 6.17. The maximum Gasteiger partial charge on any atom is 0.255 e. The molecule has 0 unspecified atom stereocenters. The van der Waals surface area contributed by atoms with Crippen LogP contribution < -0.4 is 20.5 Å². The van der Waals surface area contributed by atoms with Crippen molar-refractivity contribution in [3.05, 3.63) is 83.4 Å². The van der Waals surface area contributed by atoms with Gasteiger partial charge in [-0.15, -0.1) is 0 Å². The van der Waals surface area contributed by atoms with E-state index >= 15 is 0 Å². The molecule has 9 nitrogen and oxygen atoms in total. The summed E-state index contributed by atoms with van der Waals surface area (Å²) in [7, 11) is 0. The summed E-state index contributed by atoms with van der Waals surface area (Å²) in [5.74, 6) is -4.44. The van der Waals surface area contributed by atoms with E-state index in [2.05, 4.69) is 10.4 Å². The van der Waals surface area contributed by atoms with Crippen molar-refractivity contribution in [1.82, 2.24) is 14.9 Å². The molecular formula is C32H31F3N4O5. The van der Waals surface area contributed by atoms with Crippen LogP contribution >= 0.6 is 0 Å². The van der Waals surface area contributed by atoms with Gasteiger partial charge in [0.2, 0.25) is 0 Å². The van der Waals surface area contributed by atoms with Crippen LogP contribution in [-0.4, -0.2) is 50.9 Å². The average Bonchev–Trinajstić information content (AvgIpc) is 3.35. The highest BCUT2D eigenvalue weighted by Crippen LogP contribution is 2.57. The van der Waals surface area contributed by atoms with E-state index in [1.165, 1.54) is 24.4 Å². The Kier molecular flexibility index (Phi) is 7.27. The second-order valence-electron chi connectivity index (χ2n) is 12.4. The van der Waals surface area contributed by atoms with Gasteiger partial charge in [0.25, 0.3) is 11.8 Å². The second-order valence-corrected chi connectivity index (χ2v) is 12.4. The predicted octanol–water partition coefficient (Wildman–Crippen LogP) is 4.79. The highest BCUT2D eigenvalue weighted by atomic mass is 19.2. The third kappa shape index (κ3) is 5.81. The number of pyridine rings is 1. The molecule has 230 valence electrons. The number of rotatable bonds is 9. The SMILES string of the molecule is CC(C)(O)COc1ccc2c(C(=O)NC3CC4(C3)CC(Oc3cc(-c5cc(F)c(F)c(F)c5)ccc3C(N)=O)C4)cnn2c1. The summed E-state index contributed by atoms with van der Waals surface area (Å²) >= 11 is 0. The topological polar surface area (TPSA) is 128 Å². The summed E-state index contributed by atoms with van der Waals surface area (Å²) < 4.78 is 54.3. The van der Waals surface area contributed by atoms with Gasteiger partial charge in [0.05, 0.1) is 40.7 Å². The first kappa shape index (κ1) is 29.5. The highest BCUT2D eigenvalue weighted by Gasteiger charge is 2.54. The molecule has 0 aliphatic heterocycles. The van der Waals surface area contributed by atoms with Gasteiger partial charge in [-0.25, -0.2) is 17.7 Å². The molecule has 4 aromatic rings. The van der Waals surface area contributed by atoms with Gasteiger partial charge in [-0.3, -0.25) is 9.59 Å². The molecule has 2 amide bonds. The largest absolute Gasteiger partial charge is 0.490 e. The van der Waals surface area contributed by atoms with Crippen LogP contribution in [0, 0.1) is 22.9 Å². The fourth-order valence-electron chi connectivity index (χ4n) is 6.06. The molecule has 0 radical (unpaired) electrons. The lowest BCUT2D eigenvalue weighted by Crippen LogP contribution is -2.58. The zero-order chi connectivity index (χ0) is 31.4. The minimum absolute atomic E-state index is 0.00410. The molecule has 2 aliphatic carbocycles. The Labute approximate surface area is 250 Å². The molecule has 12 heteroatoms. The minimum atomic E-state index is -1.56. The van der Waals surface area contributed by atoms with Crippen LogP contribution in [0.3, 0.4) is 0 Å². The molecule has 0 atom stereocenters. The number of amides is 2. The normalized spacial score (nSPS) is 21.0. The third-order valence-electron chi connectivity index (χ3n) is 8.20. The van der Waals surface area contributed by atoms with Gasteiger partial charge < -0.3 is 25.6 Å². The molecule has 4 N–H and O–H groups in total. The number of aromatic nitrogens is 2. The molecule has 2 fully saturated rings. The summed E-state index contributed by atoms with van der Waals surface area (Å²) in [4.78, 5) is 25.1. The van der Waals surface area contributed by atoms with E-state index in [-0.39, 0.29) is 47.0 Å². The summed E-state index contributed by atoms with van der Waals surface area (Å²) in [6, 6.07) is 9.56. The number of nitrogens with one attached hydrogen (secondary N) is 1. The van der Waals surface area contributed by atoms with Crippen molar-refractivity contribution in [2.45, 2.75) is 57.3 Å². The quantitative estimate of drug-likeness (QED) is 0.235. The van der Waals surface area contributed by atoms with E-state index in [0.29, 0.717) is 35.2 Å². The molecule has 44 heavy (non-hydrogen) atoms. The Morgan fingerprint density at radius 3 is 2.41 bits per heavy atom. The first-order chi connectivity index (χ1) is 20.8. The molecule has 6 rings (SSSR count). The first-order valence-electron chi connectivity index (χ1n) is 14.2. The number of ether oxygens (including phenoxy) is 2. The van der Waals surface area contributed by atoms with Crippen molar-refractivity contribution >= 4 is 17.3 Å². The van der Waals surface area contributed by atoms with Crippen molar-refractivity contribution in [1.29, 1.82) is 0 Å². The number of hydrogen-bond donors (Lipinski definition) is 3. The van der Waals surface area contributed by atoms with Gasteiger partial charge in [-0.1, -0.05) is 6.07 Å². The summed E-state index contributed by atoms with van der Waals surface area (Å²) in [6.45, 7) is 3.40. The number of carbonyl (C=O) groups excluding carboxylic acids is 2. The maximum atomic E-state index is 13.8. The molecule has 0 bridgehead atoms. The van der Waals surface area contributed by atoms with Crippen LogP contribution in [0.5, 0.6) is 11.5 Å². The van der Waals surface area contributed by atoms with E-state index in [4.69, 9.17) is 15.2 Å². The number of carbonyl (C=O) groups is 2. The van der Waals surface area contributed by atoms with Crippen molar-refractivity contribution in [2.75, 3.05) is 6.61 Å². The molecule has 2 aliphatic rings. The van der Waals surface area contributed by atoms with Crippen molar-refractivity contribution in [3.8, 4) is 22.6 Å². The fraction of sp³-hybridized carbons (Fsp3) is 0.344. The van der Waals surface area contributed by atoms with Gasteiger partial charge >= 0.3 is 0 Å². The predicted molar refractivity (Wildman–Crippen MR) is 154 cm³/mol. The van der Waals surface area contributed by atoms with E-state index in [9.17, 15) is 27.9 Å². The van der Waals surface area contributed by atoms with Gasteiger partial charge in [0, 0.05) is 6.04 Å². The van der Waals surface area contributed by atoms with Gasteiger partial charge in [-0.05, 0) is 92.5 Å². The second kappa shape index (κ2) is 10.8. The molecular weight excluding hydrogens is 577 g/mol. The van der Waals surface area contributed by atoms with Gasteiger partial charge in [-0.2, -0.15) is 5.10 Å². The van der Waals surface area contributed by atoms with E-state index in [0.717, 1.165) is 25.0 Å². The van der Waals surface area contributed by atoms with Gasteiger partial charge in [0.1, 0.15) is 18.1 Å². The van der Waals surface area contributed by atoms with Gasteiger partial charge in [0.15, 0.2) is 17.5 Å². The average molecular weight is 609 g/mol. The van der Waals surface area contributed by atoms with E-state index < -0.39 is 29.0 Å². The summed E-state index contributed by atoms with van der Waals surface area (Å²) in [5, 5.41) is 17.2. The van der Waals surface area contributed by atoms with Crippen LogP contribution in [0.25, 0.3) is 16.6 Å². The standard InChI is InChI=1S/C32H31F3N4O5/c1-31(2,42)16-43-20-4-6-26-23(14-37-39(26)15-20)30(41)38-19-10-32(11-19)12-21(13-32)44-27-9-17(3-5-22(27)29(36)40)18-7-24(33)28(35)25(34)8-18/h3-9,14-15,19,21,42H,10-13,16H2,1-2H3,(H2,36,40)(H,38,41). The van der Waals surface area contributed by atoms with Crippen molar-refractivity contribution in [2.24, 2.45) is 11.1 Å². The molecule has 2 saturated carbocycles. The Balaban J connectivity index is 1.05. The molecule has 0 saturated heterocycles. The lowest BCUT2D eigenvalue weighted by Gasteiger charge is -2.57. The Bertz CT molecular complexity index is 1750. The molecule has 1 spiro atoms. The Morgan fingerprint density at radius 2 is 1.75 bits per heavy atom. The Morgan fingerprint density at radius 1 is 1.05 bits per heavy atom. The smallest absolute Gasteiger partial charge is 0.255 e. The molecule has 2 aromatic heterocycles. The lowest BCUT2D eigenvalue weighted by atomic mass is 9.53. The van der Waals surface area contributed by atoms with E-state index in [1.54, 1.807) is 36.7 Å². The monoisotopic (exact) mass is 608 g/mol. The molecule has 2 heterocycles. The minimum Gasteiger partial charge on any atom is -0.490 e. The zero-order valence-corrected chi connectivity index (χ0v) is 24.1. The van der Waals surface area contributed by atoms with Crippen molar-refractivity contribution in [3.63, 3.8) is 0 Å². The van der Waals surface area contributed by atoms with Crippen LogP contribution in [0.2, 0.25) is 0 Å². The maximum absolute atomic E-state index is 13.8.